The molecule has 2 rings (SSSR count). The van der Waals surface area contributed by atoms with Gasteiger partial charge in [-0.1, -0.05) is 91.8 Å². The van der Waals surface area contributed by atoms with Crippen molar-refractivity contribution < 1.29 is 44.3 Å². The summed E-state index contributed by atoms with van der Waals surface area (Å²) < 4.78 is 3.60. The Bertz CT molecular complexity index is 1030. The quantitative estimate of drug-likeness (QED) is 0.114. The third-order valence-electron chi connectivity index (χ3n) is 7.48. The molecule has 0 heterocycles. The minimum Gasteiger partial charge on any atom is -0.395 e. The molecule has 0 aliphatic heterocycles. The first kappa shape index (κ1) is 41.0. The van der Waals surface area contributed by atoms with E-state index < -0.39 is 48.0 Å². The summed E-state index contributed by atoms with van der Waals surface area (Å²) in [4.78, 5) is 31.3. The molecule has 11 heteroatoms. The van der Waals surface area contributed by atoms with Crippen LogP contribution in [0.5, 0.6) is 0 Å². The molecular weight excluding hydrogens is 602 g/mol. The lowest BCUT2D eigenvalue weighted by Gasteiger charge is -2.47. The maximum absolute atomic E-state index is 12.9. The Morgan fingerprint density at radius 3 is 1.11 bits per heavy atom. The summed E-state index contributed by atoms with van der Waals surface area (Å²) in [5.74, 6) is 1.67. The highest BCUT2D eigenvalue weighted by atomic mass is 31.2. The van der Waals surface area contributed by atoms with E-state index in [4.69, 9.17) is 19.6 Å². The van der Waals surface area contributed by atoms with Crippen LogP contribution in [0.25, 0.3) is 0 Å². The van der Waals surface area contributed by atoms with Crippen molar-refractivity contribution in [2.45, 2.75) is 86.7 Å². The van der Waals surface area contributed by atoms with Crippen LogP contribution in [0.4, 0.5) is 0 Å². The van der Waals surface area contributed by atoms with Crippen molar-refractivity contribution in [1.29, 1.82) is 0 Å². The van der Waals surface area contributed by atoms with Crippen molar-refractivity contribution in [1.82, 2.24) is 0 Å². The summed E-state index contributed by atoms with van der Waals surface area (Å²) in [6, 6.07) is 12.4. The lowest BCUT2D eigenvalue weighted by atomic mass is 9.63. The molecular formula is C33H56O9P2. The van der Waals surface area contributed by atoms with Gasteiger partial charge in [0.15, 0.2) is 0 Å². The number of hydrogen-bond donors (Lipinski definition) is 8. The van der Waals surface area contributed by atoms with Gasteiger partial charge in [-0.15, -0.1) is 0 Å². The fourth-order valence-electron chi connectivity index (χ4n) is 5.69. The lowest BCUT2D eigenvalue weighted by molar-refractivity contribution is -0.136. The second-order valence-corrected chi connectivity index (χ2v) is 15.1. The van der Waals surface area contributed by atoms with Crippen molar-refractivity contribution in [2.75, 3.05) is 19.8 Å². The minimum atomic E-state index is -2.61. The highest BCUT2D eigenvalue weighted by Crippen LogP contribution is 2.48. The molecule has 8 N–H and O–H groups in total. The van der Waals surface area contributed by atoms with Crippen LogP contribution in [0, 0.1) is 29.1 Å². The first-order valence-electron chi connectivity index (χ1n) is 15.3. The van der Waals surface area contributed by atoms with Crippen LogP contribution in [0.15, 0.2) is 36.4 Å². The van der Waals surface area contributed by atoms with E-state index in [2.05, 4.69) is 84.0 Å². The van der Waals surface area contributed by atoms with Crippen molar-refractivity contribution >= 4 is 17.2 Å². The molecule has 0 unspecified atom stereocenters. The summed E-state index contributed by atoms with van der Waals surface area (Å²) in [5.41, 5.74) is 2.37. The molecule has 2 aromatic carbocycles. The second kappa shape index (κ2) is 18.9. The summed E-state index contributed by atoms with van der Waals surface area (Å²) in [7, 11) is -5.22. The fourth-order valence-corrected chi connectivity index (χ4v) is 6.21. The highest BCUT2D eigenvalue weighted by molar-refractivity contribution is 7.53. The molecule has 0 saturated carbocycles. The Labute approximate surface area is 266 Å². The second-order valence-electron chi connectivity index (χ2n) is 13.4. The average molecular weight is 659 g/mol. The molecule has 0 atom stereocenters. The van der Waals surface area contributed by atoms with Gasteiger partial charge in [-0.2, -0.15) is 0 Å². The number of benzene rings is 2. The van der Waals surface area contributed by atoms with Crippen LogP contribution in [0.2, 0.25) is 0 Å². The Morgan fingerprint density at radius 1 is 0.568 bits per heavy atom. The third-order valence-corrected chi connectivity index (χ3v) is 8.65. The van der Waals surface area contributed by atoms with Gasteiger partial charge < -0.3 is 40.0 Å². The van der Waals surface area contributed by atoms with E-state index in [-0.39, 0.29) is 0 Å². The van der Waals surface area contributed by atoms with Crippen LogP contribution in [-0.4, -0.2) is 59.8 Å². The van der Waals surface area contributed by atoms with Gasteiger partial charge in [0.05, 0.1) is 25.2 Å². The molecule has 0 fully saturated rings. The monoisotopic (exact) mass is 658 g/mol. The van der Waals surface area contributed by atoms with E-state index in [1.165, 1.54) is 11.1 Å². The van der Waals surface area contributed by atoms with E-state index in [1.807, 2.05) is 12.1 Å². The Kier molecular flexibility index (Phi) is 17.6. The van der Waals surface area contributed by atoms with E-state index in [1.54, 1.807) is 0 Å². The molecule has 252 valence electrons. The summed E-state index contributed by atoms with van der Waals surface area (Å²) in [6.07, 6.45) is 3.34. The van der Waals surface area contributed by atoms with Gasteiger partial charge in [0.1, 0.15) is 5.60 Å². The van der Waals surface area contributed by atoms with E-state index in [9.17, 15) is 20.4 Å². The predicted molar refractivity (Wildman–Crippen MR) is 178 cm³/mol. The van der Waals surface area contributed by atoms with Gasteiger partial charge in [0.2, 0.25) is 0 Å². The molecule has 2 aromatic rings. The number of aliphatic hydroxyl groups excluding tert-OH is 3. The van der Waals surface area contributed by atoms with Crippen LogP contribution >= 0.6 is 17.2 Å². The van der Waals surface area contributed by atoms with E-state index >= 15 is 0 Å². The zero-order valence-electron chi connectivity index (χ0n) is 27.6. The van der Waals surface area contributed by atoms with Gasteiger partial charge in [-0.25, -0.2) is 4.31 Å². The molecule has 44 heavy (non-hydrogen) atoms. The van der Waals surface area contributed by atoms with Crippen LogP contribution < -0.4 is 0 Å². The number of hydrogen-bond acceptors (Lipinski definition) is 9. The van der Waals surface area contributed by atoms with Crippen molar-refractivity contribution in [3.05, 3.63) is 69.8 Å². The molecule has 0 aliphatic rings. The van der Waals surface area contributed by atoms with Crippen LogP contribution in [0.1, 0.15) is 88.8 Å². The highest BCUT2D eigenvalue weighted by Gasteiger charge is 2.54. The predicted octanol–water partition coefficient (Wildman–Crippen LogP) is 5.11. The first-order chi connectivity index (χ1) is 20.5. The maximum Gasteiger partial charge on any atom is 0.334 e. The van der Waals surface area contributed by atoms with E-state index in [0.717, 1.165) is 36.8 Å². The third kappa shape index (κ3) is 11.6. The van der Waals surface area contributed by atoms with Crippen molar-refractivity contribution in [3.8, 4) is 0 Å². The fraction of sp³-hybridized carbons (Fsp3) is 0.636. The molecule has 0 amide bonds. The zero-order chi connectivity index (χ0) is 33.8. The maximum atomic E-state index is 12.9. The van der Waals surface area contributed by atoms with Crippen LogP contribution in [-0.2, 0) is 35.6 Å². The topological polar surface area (TPSA) is 171 Å². The lowest BCUT2D eigenvalue weighted by Crippen LogP contribution is -2.55. The van der Waals surface area contributed by atoms with Crippen LogP contribution in [0.3, 0.4) is 0 Å². The van der Waals surface area contributed by atoms with Gasteiger partial charge in [-0.05, 0) is 82.7 Å². The SMILES string of the molecule is CC(C)Cc1ccc(C(O)(c2ccc(CC(C)C)cc2CC(C)C)C(CO)(CO)CO)c(CC(C)C)c1.OP(O)OP(O)O. The number of aliphatic hydroxyl groups is 4. The first-order valence-corrected chi connectivity index (χ1v) is 17.6. The number of rotatable bonds is 16. The molecule has 0 aliphatic carbocycles. The van der Waals surface area contributed by atoms with Gasteiger partial charge >= 0.3 is 17.2 Å². The molecule has 0 bridgehead atoms. The minimum absolute atomic E-state index is 0.340. The molecule has 9 nitrogen and oxygen atoms in total. The summed E-state index contributed by atoms with van der Waals surface area (Å²) in [6.45, 7) is 15.7. The molecule has 0 aromatic heterocycles. The van der Waals surface area contributed by atoms with Gasteiger partial charge in [-0.3, -0.25) is 0 Å². The van der Waals surface area contributed by atoms with Crippen molar-refractivity contribution in [3.63, 3.8) is 0 Å². The molecule has 0 spiro atoms. The summed E-state index contributed by atoms with van der Waals surface area (Å²) >= 11 is 0. The average Bonchev–Trinajstić information content (AvgIpc) is 2.88. The van der Waals surface area contributed by atoms with Gasteiger partial charge in [0, 0.05) is 0 Å². The Morgan fingerprint density at radius 2 is 0.886 bits per heavy atom. The van der Waals surface area contributed by atoms with Crippen molar-refractivity contribution in [2.24, 2.45) is 29.1 Å². The van der Waals surface area contributed by atoms with Gasteiger partial charge in [0.25, 0.3) is 0 Å². The Balaban J connectivity index is 0.00000123. The molecule has 0 saturated heterocycles. The summed E-state index contributed by atoms with van der Waals surface area (Å²) in [5, 5.41) is 44.9. The van der Waals surface area contributed by atoms with E-state index in [0.29, 0.717) is 34.8 Å². The zero-order valence-corrected chi connectivity index (χ0v) is 29.4. The normalized spacial score (nSPS) is 12.7. The molecule has 0 radical (unpaired) electrons. The largest absolute Gasteiger partial charge is 0.395 e. The standard InChI is InChI=1S/C33H52O4.H4O5P2/c1-22(2)13-26-9-11-30(28(17-26)15-24(5)6)33(37,32(19-34,20-35)21-36)31-12-10-27(14-23(3)4)18-29(31)16-25(7)8;1-6(2)5-7(3)4/h9-12,17-18,22-25,34-37H,13-16,19-21H2,1-8H3;1-4H. The Hall–Kier alpha value is -1.06. The smallest absolute Gasteiger partial charge is 0.334 e.